The third-order valence-electron chi connectivity index (χ3n) is 2.98. The van der Waals surface area contributed by atoms with Gasteiger partial charge in [0.15, 0.2) is 0 Å². The van der Waals surface area contributed by atoms with E-state index in [4.69, 9.17) is 0 Å². The molecule has 0 radical (unpaired) electrons. The standard InChI is InChI=1S/C12H12F3NO2/c1-18-11(17)10(7-2-3-7)8-4-5-16-9(6-8)12(13,14)15/h4-7,10H,2-3H2,1H3. The molecule has 1 aromatic heterocycles. The second-order valence-corrected chi connectivity index (χ2v) is 4.31. The maximum Gasteiger partial charge on any atom is 0.433 e. The molecule has 1 saturated carbocycles. The predicted molar refractivity (Wildman–Crippen MR) is 56.7 cm³/mol. The van der Waals surface area contributed by atoms with Gasteiger partial charge in [-0.3, -0.25) is 9.78 Å². The second-order valence-electron chi connectivity index (χ2n) is 4.31. The van der Waals surface area contributed by atoms with Gasteiger partial charge in [0.25, 0.3) is 0 Å². The van der Waals surface area contributed by atoms with E-state index in [1.54, 1.807) is 0 Å². The summed E-state index contributed by atoms with van der Waals surface area (Å²) in [6, 6.07) is 2.37. The van der Waals surface area contributed by atoms with Crippen molar-refractivity contribution in [1.29, 1.82) is 0 Å². The number of pyridine rings is 1. The van der Waals surface area contributed by atoms with Crippen LogP contribution in [0.15, 0.2) is 18.3 Å². The first-order valence-electron chi connectivity index (χ1n) is 5.54. The molecular weight excluding hydrogens is 247 g/mol. The Kier molecular flexibility index (Phi) is 3.28. The molecule has 1 aliphatic carbocycles. The molecular formula is C12H12F3NO2. The lowest BCUT2D eigenvalue weighted by Crippen LogP contribution is -2.18. The Morgan fingerprint density at radius 3 is 2.67 bits per heavy atom. The second kappa shape index (κ2) is 4.59. The zero-order chi connectivity index (χ0) is 13.3. The van der Waals surface area contributed by atoms with E-state index in [9.17, 15) is 18.0 Å². The highest BCUT2D eigenvalue weighted by molar-refractivity contribution is 5.78. The van der Waals surface area contributed by atoms with E-state index in [0.717, 1.165) is 25.1 Å². The molecule has 0 spiro atoms. The summed E-state index contributed by atoms with van der Waals surface area (Å²) in [5.41, 5.74) is -0.652. The largest absolute Gasteiger partial charge is 0.469 e. The van der Waals surface area contributed by atoms with Crippen molar-refractivity contribution in [2.75, 3.05) is 7.11 Å². The number of hydrogen-bond acceptors (Lipinski definition) is 3. The Morgan fingerprint density at radius 2 is 2.17 bits per heavy atom. The molecule has 1 aromatic rings. The number of hydrogen-bond donors (Lipinski definition) is 0. The SMILES string of the molecule is COC(=O)C(c1ccnc(C(F)(F)F)c1)C1CC1. The van der Waals surface area contributed by atoms with Gasteiger partial charge in [-0.05, 0) is 36.5 Å². The molecule has 1 fully saturated rings. The quantitative estimate of drug-likeness (QED) is 0.783. The van der Waals surface area contributed by atoms with Gasteiger partial charge in [-0.15, -0.1) is 0 Å². The van der Waals surface area contributed by atoms with Crippen LogP contribution in [0.2, 0.25) is 0 Å². The molecule has 2 rings (SSSR count). The van der Waals surface area contributed by atoms with E-state index in [1.165, 1.54) is 13.2 Å². The Labute approximate surface area is 102 Å². The average molecular weight is 259 g/mol. The predicted octanol–water partition coefficient (Wildman–Crippen LogP) is 2.77. The lowest BCUT2D eigenvalue weighted by Gasteiger charge is -2.15. The van der Waals surface area contributed by atoms with Crippen LogP contribution in [0.5, 0.6) is 0 Å². The van der Waals surface area contributed by atoms with Crippen LogP contribution in [0.4, 0.5) is 13.2 Å². The highest BCUT2D eigenvalue weighted by Crippen LogP contribution is 2.43. The Bertz CT molecular complexity index is 455. The molecule has 0 saturated heterocycles. The summed E-state index contributed by atoms with van der Waals surface area (Å²) >= 11 is 0. The van der Waals surface area contributed by atoms with Crippen LogP contribution >= 0.6 is 0 Å². The maximum absolute atomic E-state index is 12.6. The van der Waals surface area contributed by atoms with Crippen molar-refractivity contribution in [3.05, 3.63) is 29.6 Å². The number of ether oxygens (including phenoxy) is 1. The monoisotopic (exact) mass is 259 g/mol. The molecule has 0 aliphatic heterocycles. The fraction of sp³-hybridized carbons (Fsp3) is 0.500. The summed E-state index contributed by atoms with van der Waals surface area (Å²) < 4.78 is 42.3. The smallest absolute Gasteiger partial charge is 0.433 e. The van der Waals surface area contributed by atoms with Crippen molar-refractivity contribution in [2.45, 2.75) is 24.9 Å². The summed E-state index contributed by atoms with van der Waals surface area (Å²) in [6.07, 6.45) is -1.75. The number of carbonyl (C=O) groups is 1. The molecule has 1 aliphatic rings. The van der Waals surface area contributed by atoms with E-state index in [2.05, 4.69) is 9.72 Å². The average Bonchev–Trinajstić information content (AvgIpc) is 3.13. The van der Waals surface area contributed by atoms with Crippen LogP contribution in [-0.4, -0.2) is 18.1 Å². The number of methoxy groups -OCH3 is 1. The normalized spacial score (nSPS) is 17.3. The highest BCUT2D eigenvalue weighted by Gasteiger charge is 2.40. The van der Waals surface area contributed by atoms with E-state index in [0.29, 0.717) is 5.56 Å². The molecule has 0 bridgehead atoms. The van der Waals surface area contributed by atoms with Crippen LogP contribution in [0.25, 0.3) is 0 Å². The third kappa shape index (κ3) is 2.63. The van der Waals surface area contributed by atoms with Gasteiger partial charge in [0.2, 0.25) is 0 Å². The van der Waals surface area contributed by atoms with Crippen LogP contribution in [-0.2, 0) is 15.7 Å². The van der Waals surface area contributed by atoms with Gasteiger partial charge in [-0.1, -0.05) is 0 Å². The zero-order valence-electron chi connectivity index (χ0n) is 9.70. The summed E-state index contributed by atoms with van der Waals surface area (Å²) in [6.45, 7) is 0. The van der Waals surface area contributed by atoms with Crippen LogP contribution in [0.3, 0.4) is 0 Å². The van der Waals surface area contributed by atoms with Gasteiger partial charge in [0, 0.05) is 6.20 Å². The number of alkyl halides is 3. The topological polar surface area (TPSA) is 39.2 Å². The van der Waals surface area contributed by atoms with Crippen molar-refractivity contribution in [3.8, 4) is 0 Å². The summed E-state index contributed by atoms with van der Waals surface area (Å²) in [4.78, 5) is 14.9. The van der Waals surface area contributed by atoms with E-state index >= 15 is 0 Å². The lowest BCUT2D eigenvalue weighted by atomic mass is 9.94. The van der Waals surface area contributed by atoms with Crippen molar-refractivity contribution in [3.63, 3.8) is 0 Å². The first-order chi connectivity index (χ1) is 8.43. The van der Waals surface area contributed by atoms with Gasteiger partial charge in [0.1, 0.15) is 5.69 Å². The van der Waals surface area contributed by atoms with Crippen LogP contribution in [0, 0.1) is 5.92 Å². The van der Waals surface area contributed by atoms with Crippen molar-refractivity contribution in [1.82, 2.24) is 4.98 Å². The van der Waals surface area contributed by atoms with Crippen LogP contribution in [0.1, 0.15) is 30.0 Å². The van der Waals surface area contributed by atoms with Crippen molar-refractivity contribution in [2.24, 2.45) is 5.92 Å². The number of rotatable bonds is 3. The van der Waals surface area contributed by atoms with Crippen molar-refractivity contribution < 1.29 is 22.7 Å². The maximum atomic E-state index is 12.6. The Hall–Kier alpha value is -1.59. The van der Waals surface area contributed by atoms with Crippen LogP contribution < -0.4 is 0 Å². The molecule has 18 heavy (non-hydrogen) atoms. The number of carbonyl (C=O) groups excluding carboxylic acids is 1. The molecule has 6 heteroatoms. The van der Waals surface area contributed by atoms with Gasteiger partial charge in [-0.2, -0.15) is 13.2 Å². The molecule has 0 aromatic carbocycles. The number of halogens is 3. The summed E-state index contributed by atoms with van der Waals surface area (Å²) in [5.74, 6) is -1.02. The van der Waals surface area contributed by atoms with Gasteiger partial charge in [0.05, 0.1) is 13.0 Å². The number of nitrogens with zero attached hydrogens (tertiary/aromatic N) is 1. The molecule has 0 N–H and O–H groups in total. The van der Waals surface area contributed by atoms with Crippen molar-refractivity contribution >= 4 is 5.97 Å². The minimum absolute atomic E-state index is 0.0842. The molecule has 0 amide bonds. The summed E-state index contributed by atoms with van der Waals surface area (Å²) in [5, 5.41) is 0. The first-order valence-corrected chi connectivity index (χ1v) is 5.54. The molecule has 3 nitrogen and oxygen atoms in total. The molecule has 1 atom stereocenters. The Balaban J connectivity index is 2.33. The highest BCUT2D eigenvalue weighted by atomic mass is 19.4. The van der Waals surface area contributed by atoms with E-state index in [-0.39, 0.29) is 5.92 Å². The third-order valence-corrected chi connectivity index (χ3v) is 2.98. The van der Waals surface area contributed by atoms with Gasteiger partial charge < -0.3 is 4.74 Å². The molecule has 1 unspecified atom stereocenters. The molecule has 98 valence electrons. The number of aromatic nitrogens is 1. The summed E-state index contributed by atoms with van der Waals surface area (Å²) in [7, 11) is 1.24. The molecule has 1 heterocycles. The Morgan fingerprint density at radius 1 is 1.50 bits per heavy atom. The fourth-order valence-corrected chi connectivity index (χ4v) is 1.95. The minimum atomic E-state index is -4.50. The zero-order valence-corrected chi connectivity index (χ0v) is 9.70. The van der Waals surface area contributed by atoms with E-state index in [1.807, 2.05) is 0 Å². The van der Waals surface area contributed by atoms with E-state index < -0.39 is 23.8 Å². The minimum Gasteiger partial charge on any atom is -0.469 e. The fourth-order valence-electron chi connectivity index (χ4n) is 1.95. The first kappa shape index (κ1) is 12.9. The number of esters is 1. The van der Waals surface area contributed by atoms with Gasteiger partial charge in [-0.25, -0.2) is 0 Å². The lowest BCUT2D eigenvalue weighted by molar-refractivity contribution is -0.144. The van der Waals surface area contributed by atoms with Gasteiger partial charge >= 0.3 is 12.1 Å².